The molecule has 3 rings (SSSR count). The maximum Gasteiger partial charge on any atom is 0.239 e. The highest BCUT2D eigenvalue weighted by Gasteiger charge is 2.22. The molecule has 1 aromatic heterocycles. The molecule has 0 spiro atoms. The number of aromatic hydroxyl groups is 3. The first-order chi connectivity index (χ1) is 10.5. The third kappa shape index (κ3) is 1.93. The number of phenolic OH excluding ortho intramolecular Hbond substituents is 3. The first-order valence-electron chi connectivity index (χ1n) is 6.38. The summed E-state index contributed by atoms with van der Waals surface area (Å²) in [4.78, 5) is 12.5. The minimum absolute atomic E-state index is 0.0579. The van der Waals surface area contributed by atoms with Gasteiger partial charge in [-0.3, -0.25) is 4.79 Å². The normalized spacial score (nSPS) is 10.8. The molecular weight excluding hydrogens is 288 g/mol. The van der Waals surface area contributed by atoms with Crippen LogP contribution in [0.25, 0.3) is 22.3 Å². The second-order valence-electron chi connectivity index (χ2n) is 4.63. The fraction of sp³-hybridized carbons (Fsp3) is 0.0625. The molecule has 0 amide bonds. The van der Waals surface area contributed by atoms with E-state index in [1.54, 1.807) is 24.3 Å². The standard InChI is InChI=1S/C16H12O6/c1-21-16-14(20)11-10(7-9(17)12(18)13(11)19)22-15(16)8-5-3-2-4-6-8/h2-7,17-19H,1H3. The Balaban J connectivity index is 2.46. The van der Waals surface area contributed by atoms with Gasteiger partial charge in [-0.2, -0.15) is 0 Å². The van der Waals surface area contributed by atoms with E-state index in [1.807, 2.05) is 6.07 Å². The van der Waals surface area contributed by atoms with Crippen molar-refractivity contribution in [1.82, 2.24) is 0 Å². The van der Waals surface area contributed by atoms with E-state index >= 15 is 0 Å². The molecule has 0 fully saturated rings. The summed E-state index contributed by atoms with van der Waals surface area (Å²) in [6.45, 7) is 0. The molecule has 1 heterocycles. The first kappa shape index (κ1) is 13.8. The lowest BCUT2D eigenvalue weighted by Gasteiger charge is -2.10. The van der Waals surface area contributed by atoms with Crippen molar-refractivity contribution < 1.29 is 24.5 Å². The zero-order valence-electron chi connectivity index (χ0n) is 11.5. The third-order valence-electron chi connectivity index (χ3n) is 3.31. The molecule has 22 heavy (non-hydrogen) atoms. The number of benzene rings is 2. The zero-order chi connectivity index (χ0) is 15.9. The topological polar surface area (TPSA) is 100 Å². The number of ether oxygens (including phenoxy) is 1. The van der Waals surface area contributed by atoms with Gasteiger partial charge >= 0.3 is 0 Å². The van der Waals surface area contributed by atoms with Gasteiger partial charge in [-0.25, -0.2) is 0 Å². The van der Waals surface area contributed by atoms with Crippen LogP contribution in [-0.4, -0.2) is 22.4 Å². The van der Waals surface area contributed by atoms with Crippen LogP contribution in [0.2, 0.25) is 0 Å². The van der Waals surface area contributed by atoms with Gasteiger partial charge in [0, 0.05) is 11.6 Å². The van der Waals surface area contributed by atoms with Crippen LogP contribution in [0.5, 0.6) is 23.0 Å². The molecular formula is C16H12O6. The Labute approximate surface area is 124 Å². The molecule has 0 aliphatic carbocycles. The van der Waals surface area contributed by atoms with Gasteiger partial charge in [0.1, 0.15) is 11.0 Å². The summed E-state index contributed by atoms with van der Waals surface area (Å²) in [5.41, 5.74) is -0.0988. The molecule has 6 nitrogen and oxygen atoms in total. The Morgan fingerprint density at radius 3 is 2.36 bits per heavy atom. The van der Waals surface area contributed by atoms with Crippen molar-refractivity contribution in [3.63, 3.8) is 0 Å². The first-order valence-corrected chi connectivity index (χ1v) is 6.38. The van der Waals surface area contributed by atoms with Crippen molar-refractivity contribution in [2.45, 2.75) is 0 Å². The van der Waals surface area contributed by atoms with Gasteiger partial charge in [0.15, 0.2) is 17.3 Å². The van der Waals surface area contributed by atoms with Gasteiger partial charge in [-0.1, -0.05) is 30.3 Å². The van der Waals surface area contributed by atoms with Crippen LogP contribution in [-0.2, 0) is 0 Å². The molecule has 0 saturated heterocycles. The van der Waals surface area contributed by atoms with E-state index in [4.69, 9.17) is 9.15 Å². The van der Waals surface area contributed by atoms with Crippen LogP contribution in [0.4, 0.5) is 0 Å². The average Bonchev–Trinajstić information content (AvgIpc) is 2.53. The molecule has 6 heteroatoms. The van der Waals surface area contributed by atoms with Gasteiger partial charge in [0.2, 0.25) is 16.9 Å². The predicted octanol–water partition coefficient (Wildman–Crippen LogP) is 2.59. The van der Waals surface area contributed by atoms with Crippen molar-refractivity contribution in [1.29, 1.82) is 0 Å². The Morgan fingerprint density at radius 2 is 1.73 bits per heavy atom. The molecule has 3 aromatic rings. The number of methoxy groups -OCH3 is 1. The highest BCUT2D eigenvalue weighted by molar-refractivity contribution is 5.91. The summed E-state index contributed by atoms with van der Waals surface area (Å²) >= 11 is 0. The molecule has 3 N–H and O–H groups in total. The van der Waals surface area contributed by atoms with Crippen molar-refractivity contribution in [3.8, 4) is 34.3 Å². The number of rotatable bonds is 2. The highest BCUT2D eigenvalue weighted by atomic mass is 16.5. The largest absolute Gasteiger partial charge is 0.504 e. The van der Waals surface area contributed by atoms with Gasteiger partial charge in [0.05, 0.1) is 7.11 Å². The second kappa shape index (κ2) is 5.00. The molecule has 0 unspecified atom stereocenters. The summed E-state index contributed by atoms with van der Waals surface area (Å²) in [6.07, 6.45) is 0. The van der Waals surface area contributed by atoms with Crippen LogP contribution >= 0.6 is 0 Å². The molecule has 0 bridgehead atoms. The number of hydrogen-bond acceptors (Lipinski definition) is 6. The maximum atomic E-state index is 12.5. The van der Waals surface area contributed by atoms with E-state index in [9.17, 15) is 20.1 Å². The summed E-state index contributed by atoms with van der Waals surface area (Å²) < 4.78 is 10.7. The molecule has 0 aliphatic heterocycles. The number of phenols is 3. The van der Waals surface area contributed by atoms with Gasteiger partial charge in [-0.05, 0) is 0 Å². The Hall–Kier alpha value is -3.15. The Morgan fingerprint density at radius 1 is 1.05 bits per heavy atom. The maximum absolute atomic E-state index is 12.5. The second-order valence-corrected chi connectivity index (χ2v) is 4.63. The van der Waals surface area contributed by atoms with E-state index in [0.717, 1.165) is 6.07 Å². The smallest absolute Gasteiger partial charge is 0.239 e. The summed E-state index contributed by atoms with van der Waals surface area (Å²) in [5.74, 6) is -2.04. The summed E-state index contributed by atoms with van der Waals surface area (Å²) in [5, 5.41) is 28.7. The van der Waals surface area contributed by atoms with E-state index in [2.05, 4.69) is 0 Å². The van der Waals surface area contributed by atoms with Gasteiger partial charge in [-0.15, -0.1) is 0 Å². The number of hydrogen-bond donors (Lipinski definition) is 3. The predicted molar refractivity (Wildman–Crippen MR) is 79.5 cm³/mol. The minimum Gasteiger partial charge on any atom is -0.504 e. The monoisotopic (exact) mass is 300 g/mol. The summed E-state index contributed by atoms with van der Waals surface area (Å²) in [6, 6.07) is 9.87. The molecule has 0 aliphatic rings. The van der Waals surface area contributed by atoms with Crippen LogP contribution in [0.1, 0.15) is 0 Å². The van der Waals surface area contributed by atoms with E-state index in [1.165, 1.54) is 7.11 Å². The van der Waals surface area contributed by atoms with Crippen molar-refractivity contribution >= 4 is 11.0 Å². The molecule has 0 atom stereocenters. The lowest BCUT2D eigenvalue weighted by atomic mass is 10.1. The summed E-state index contributed by atoms with van der Waals surface area (Å²) in [7, 11) is 1.31. The number of fused-ring (bicyclic) bond motifs is 1. The van der Waals surface area contributed by atoms with E-state index < -0.39 is 22.7 Å². The van der Waals surface area contributed by atoms with Crippen LogP contribution in [0.15, 0.2) is 45.6 Å². The average molecular weight is 300 g/mol. The molecule has 112 valence electrons. The third-order valence-corrected chi connectivity index (χ3v) is 3.31. The van der Waals surface area contributed by atoms with Crippen LogP contribution < -0.4 is 10.2 Å². The molecule has 0 saturated carbocycles. The van der Waals surface area contributed by atoms with Crippen molar-refractivity contribution in [2.75, 3.05) is 7.11 Å². The lowest BCUT2D eigenvalue weighted by molar-refractivity contribution is 0.368. The highest BCUT2D eigenvalue weighted by Crippen LogP contribution is 2.42. The Kier molecular flexibility index (Phi) is 3.14. The van der Waals surface area contributed by atoms with Crippen molar-refractivity contribution in [2.24, 2.45) is 0 Å². The van der Waals surface area contributed by atoms with Gasteiger partial charge < -0.3 is 24.5 Å². The van der Waals surface area contributed by atoms with Crippen LogP contribution in [0.3, 0.4) is 0 Å². The minimum atomic E-state index is -0.783. The van der Waals surface area contributed by atoms with Crippen molar-refractivity contribution in [3.05, 3.63) is 46.6 Å². The quantitative estimate of drug-likeness (QED) is 0.629. The van der Waals surface area contributed by atoms with Gasteiger partial charge in [0.25, 0.3) is 0 Å². The molecule has 2 aromatic carbocycles. The fourth-order valence-electron chi connectivity index (χ4n) is 2.26. The van der Waals surface area contributed by atoms with Crippen LogP contribution in [0, 0.1) is 0 Å². The fourth-order valence-corrected chi connectivity index (χ4v) is 2.26. The lowest BCUT2D eigenvalue weighted by Crippen LogP contribution is -2.07. The van der Waals surface area contributed by atoms with E-state index in [0.29, 0.717) is 5.56 Å². The zero-order valence-corrected chi connectivity index (χ0v) is 11.5. The SMILES string of the molecule is COc1c(-c2ccccc2)oc2cc(O)c(O)c(O)c2c1=O. The Bertz CT molecular complexity index is 912. The van der Waals surface area contributed by atoms with E-state index in [-0.39, 0.29) is 22.5 Å². The molecule has 0 radical (unpaired) electrons.